The maximum absolute atomic E-state index is 9.01. The maximum atomic E-state index is 9.01. The summed E-state index contributed by atoms with van der Waals surface area (Å²) in [6.07, 6.45) is 0.227. The second-order valence-electron chi connectivity index (χ2n) is 3.48. The van der Waals surface area contributed by atoms with Crippen LogP contribution in [0.4, 0.5) is 0 Å². The van der Waals surface area contributed by atoms with E-state index >= 15 is 0 Å². The van der Waals surface area contributed by atoms with Crippen LogP contribution in [-0.2, 0) is 0 Å². The first-order chi connectivity index (χ1) is 8.69. The van der Waals surface area contributed by atoms with Crippen molar-refractivity contribution in [3.8, 4) is 36.4 Å². The van der Waals surface area contributed by atoms with Crippen molar-refractivity contribution in [2.45, 2.75) is 12.8 Å². The standard InChI is InChI=1S/C12H8N6/c13-3-1-2-9(4-14)11(7-17)12(8-18)10(5-15)6-16/h9-12H,1-2H2. The molecule has 0 aromatic heterocycles. The van der Waals surface area contributed by atoms with Crippen molar-refractivity contribution in [1.82, 2.24) is 0 Å². The molecular formula is C12H8N6. The predicted octanol–water partition coefficient (Wildman–Crippen LogP) is 1.37. The molecule has 0 aromatic rings. The molecule has 3 atom stereocenters. The second-order valence-corrected chi connectivity index (χ2v) is 3.48. The molecule has 0 aliphatic rings. The Balaban J connectivity index is 5.20. The lowest BCUT2D eigenvalue weighted by Gasteiger charge is -2.19. The zero-order chi connectivity index (χ0) is 14.0. The molecular weight excluding hydrogens is 228 g/mol. The van der Waals surface area contributed by atoms with E-state index < -0.39 is 23.7 Å². The maximum Gasteiger partial charge on any atom is 0.150 e. The fraction of sp³-hybridized carbons (Fsp3) is 0.500. The summed E-state index contributed by atoms with van der Waals surface area (Å²) < 4.78 is 0. The van der Waals surface area contributed by atoms with Crippen LogP contribution in [-0.4, -0.2) is 0 Å². The third-order valence-corrected chi connectivity index (χ3v) is 2.49. The molecule has 0 aliphatic heterocycles. The molecule has 0 radical (unpaired) electrons. The Labute approximate surface area is 105 Å². The van der Waals surface area contributed by atoms with Gasteiger partial charge in [0, 0.05) is 6.42 Å². The van der Waals surface area contributed by atoms with Crippen LogP contribution >= 0.6 is 0 Å². The number of hydrogen-bond donors (Lipinski definition) is 0. The van der Waals surface area contributed by atoms with Gasteiger partial charge in [0.15, 0.2) is 0 Å². The third-order valence-electron chi connectivity index (χ3n) is 2.49. The molecule has 0 aromatic carbocycles. The van der Waals surface area contributed by atoms with Gasteiger partial charge in [0.2, 0.25) is 0 Å². The summed E-state index contributed by atoms with van der Waals surface area (Å²) in [6.45, 7) is 0. The molecule has 3 unspecified atom stereocenters. The summed E-state index contributed by atoms with van der Waals surface area (Å²) >= 11 is 0. The molecule has 0 N–H and O–H groups in total. The number of nitrogens with zero attached hydrogens (tertiary/aromatic N) is 6. The molecule has 6 heteroatoms. The first kappa shape index (κ1) is 14.9. The summed E-state index contributed by atoms with van der Waals surface area (Å²) in [7, 11) is 0. The second kappa shape index (κ2) is 8.13. The highest BCUT2D eigenvalue weighted by molar-refractivity contribution is 5.16. The van der Waals surface area contributed by atoms with Gasteiger partial charge in [-0.3, -0.25) is 0 Å². The highest BCUT2D eigenvalue weighted by atomic mass is 14.4. The summed E-state index contributed by atoms with van der Waals surface area (Å²) in [5.74, 6) is -4.27. The predicted molar refractivity (Wildman–Crippen MR) is 56.9 cm³/mol. The molecule has 6 nitrogen and oxygen atoms in total. The molecule has 0 spiro atoms. The average Bonchev–Trinajstić information content (AvgIpc) is 2.41. The zero-order valence-corrected chi connectivity index (χ0v) is 9.41. The van der Waals surface area contributed by atoms with Crippen molar-refractivity contribution >= 4 is 0 Å². The summed E-state index contributed by atoms with van der Waals surface area (Å²) in [6, 6.07) is 10.6. The Morgan fingerprint density at radius 2 is 1.22 bits per heavy atom. The lowest BCUT2D eigenvalue weighted by molar-refractivity contribution is 0.354. The first-order valence-corrected chi connectivity index (χ1v) is 5.05. The average molecular weight is 236 g/mol. The largest absolute Gasteiger partial charge is 0.198 e. The number of nitriles is 6. The van der Waals surface area contributed by atoms with Gasteiger partial charge in [0.1, 0.15) is 5.92 Å². The van der Waals surface area contributed by atoms with Crippen LogP contribution in [0.25, 0.3) is 0 Å². The minimum Gasteiger partial charge on any atom is -0.198 e. The molecule has 0 aliphatic carbocycles. The van der Waals surface area contributed by atoms with Gasteiger partial charge >= 0.3 is 0 Å². The van der Waals surface area contributed by atoms with Gasteiger partial charge in [-0.1, -0.05) is 0 Å². The number of rotatable bonds is 5. The summed E-state index contributed by atoms with van der Waals surface area (Å²) in [4.78, 5) is 0. The van der Waals surface area contributed by atoms with Crippen molar-refractivity contribution in [2.75, 3.05) is 0 Å². The van der Waals surface area contributed by atoms with Crippen LogP contribution in [0.5, 0.6) is 0 Å². The minimum atomic E-state index is -1.25. The minimum absolute atomic E-state index is 0.0817. The molecule has 0 saturated heterocycles. The number of hydrogen-bond acceptors (Lipinski definition) is 6. The van der Waals surface area contributed by atoms with Gasteiger partial charge < -0.3 is 0 Å². The van der Waals surface area contributed by atoms with Crippen molar-refractivity contribution in [1.29, 1.82) is 31.6 Å². The lowest BCUT2D eigenvalue weighted by atomic mass is 9.76. The van der Waals surface area contributed by atoms with E-state index in [4.69, 9.17) is 31.6 Å². The van der Waals surface area contributed by atoms with Gasteiger partial charge in [0.25, 0.3) is 0 Å². The Morgan fingerprint density at radius 3 is 1.56 bits per heavy atom. The molecule has 0 rings (SSSR count). The van der Waals surface area contributed by atoms with E-state index in [-0.39, 0.29) is 12.8 Å². The third kappa shape index (κ3) is 3.51. The summed E-state index contributed by atoms with van der Waals surface area (Å²) in [5.41, 5.74) is 0. The van der Waals surface area contributed by atoms with Gasteiger partial charge in [0.05, 0.1) is 54.2 Å². The molecule has 0 amide bonds. The van der Waals surface area contributed by atoms with Crippen molar-refractivity contribution in [2.24, 2.45) is 23.7 Å². The Hall–Kier alpha value is -3.06. The van der Waals surface area contributed by atoms with E-state index in [0.717, 1.165) is 0 Å². The fourth-order valence-electron chi connectivity index (χ4n) is 1.52. The molecule has 0 fully saturated rings. The monoisotopic (exact) mass is 236 g/mol. The molecule has 0 bridgehead atoms. The Morgan fingerprint density at radius 1 is 0.667 bits per heavy atom. The SMILES string of the molecule is N#CCCC(C#N)C(C#N)C(C#N)C(C#N)C#N. The van der Waals surface area contributed by atoms with E-state index in [1.165, 1.54) is 0 Å². The highest BCUT2D eigenvalue weighted by Gasteiger charge is 2.35. The zero-order valence-electron chi connectivity index (χ0n) is 9.41. The van der Waals surface area contributed by atoms with Crippen LogP contribution in [0.3, 0.4) is 0 Å². The lowest BCUT2D eigenvalue weighted by Crippen LogP contribution is -2.25. The quantitative estimate of drug-likeness (QED) is 0.705. The fourth-order valence-corrected chi connectivity index (χ4v) is 1.52. The molecule has 18 heavy (non-hydrogen) atoms. The smallest absolute Gasteiger partial charge is 0.150 e. The van der Waals surface area contributed by atoms with Crippen molar-refractivity contribution < 1.29 is 0 Å². The van der Waals surface area contributed by atoms with Crippen LogP contribution < -0.4 is 0 Å². The van der Waals surface area contributed by atoms with Crippen LogP contribution in [0.15, 0.2) is 0 Å². The van der Waals surface area contributed by atoms with Gasteiger partial charge in [-0.25, -0.2) is 0 Å². The van der Waals surface area contributed by atoms with Crippen molar-refractivity contribution in [3.63, 3.8) is 0 Å². The molecule has 0 heterocycles. The van der Waals surface area contributed by atoms with E-state index in [1.807, 2.05) is 12.1 Å². The van der Waals surface area contributed by atoms with Crippen LogP contribution in [0.1, 0.15) is 12.8 Å². The van der Waals surface area contributed by atoms with E-state index in [1.54, 1.807) is 24.3 Å². The Kier molecular flexibility index (Phi) is 6.75. The highest BCUT2D eigenvalue weighted by Crippen LogP contribution is 2.29. The Bertz CT molecular complexity index is 510. The van der Waals surface area contributed by atoms with Crippen molar-refractivity contribution in [3.05, 3.63) is 0 Å². The molecule has 86 valence electrons. The topological polar surface area (TPSA) is 143 Å². The van der Waals surface area contributed by atoms with Gasteiger partial charge in [-0.15, -0.1) is 0 Å². The first-order valence-electron chi connectivity index (χ1n) is 5.05. The van der Waals surface area contributed by atoms with Gasteiger partial charge in [-0.2, -0.15) is 31.6 Å². The molecule has 0 saturated carbocycles. The summed E-state index contributed by atoms with van der Waals surface area (Å²) in [5, 5.41) is 52.8. The van der Waals surface area contributed by atoms with Crippen LogP contribution in [0, 0.1) is 91.7 Å². The van der Waals surface area contributed by atoms with E-state index in [9.17, 15) is 0 Å². The van der Waals surface area contributed by atoms with Crippen LogP contribution in [0.2, 0.25) is 0 Å². The van der Waals surface area contributed by atoms with E-state index in [0.29, 0.717) is 0 Å². The normalized spacial score (nSPS) is 13.5. The van der Waals surface area contributed by atoms with E-state index in [2.05, 4.69) is 0 Å². The van der Waals surface area contributed by atoms with Gasteiger partial charge in [-0.05, 0) is 6.42 Å².